The molecule has 1 aromatic heterocycles. The van der Waals surface area contributed by atoms with Crippen LogP contribution in [0, 0.1) is 0 Å². The lowest BCUT2D eigenvalue weighted by Crippen LogP contribution is -2.05. The summed E-state index contributed by atoms with van der Waals surface area (Å²) in [5, 5.41) is 4.75. The Labute approximate surface area is 107 Å². The van der Waals surface area contributed by atoms with Crippen LogP contribution in [-0.4, -0.2) is 16.9 Å². The monoisotopic (exact) mass is 248 g/mol. The second-order valence-corrected chi connectivity index (χ2v) is 4.98. The van der Waals surface area contributed by atoms with E-state index in [2.05, 4.69) is 22.4 Å². The molecule has 2 rings (SSSR count). The molecule has 3 heteroatoms. The lowest BCUT2D eigenvalue weighted by atomic mass is 10.2. The van der Waals surface area contributed by atoms with Gasteiger partial charge in [-0.15, -0.1) is 11.6 Å². The topological polar surface area (TPSA) is 24.9 Å². The fourth-order valence-corrected chi connectivity index (χ4v) is 1.92. The number of halogens is 1. The van der Waals surface area contributed by atoms with Crippen molar-refractivity contribution in [2.24, 2.45) is 0 Å². The Bertz CT molecular complexity index is 482. The van der Waals surface area contributed by atoms with Gasteiger partial charge in [0.25, 0.3) is 0 Å². The molecule has 0 aliphatic heterocycles. The largest absolute Gasteiger partial charge is 0.370 e. The number of fused-ring (bicyclic) bond motifs is 1. The summed E-state index contributed by atoms with van der Waals surface area (Å²) in [5.41, 5.74) is 1.03. The summed E-state index contributed by atoms with van der Waals surface area (Å²) in [7, 11) is 0. The summed E-state index contributed by atoms with van der Waals surface area (Å²) in [6, 6.07) is 12.2. The van der Waals surface area contributed by atoms with Crippen LogP contribution < -0.4 is 5.32 Å². The van der Waals surface area contributed by atoms with Crippen molar-refractivity contribution >= 4 is 28.3 Å². The van der Waals surface area contributed by atoms with Gasteiger partial charge < -0.3 is 5.32 Å². The maximum Gasteiger partial charge on any atom is 0.126 e. The van der Waals surface area contributed by atoms with Crippen LogP contribution in [0.4, 0.5) is 5.82 Å². The van der Waals surface area contributed by atoms with Gasteiger partial charge in [0, 0.05) is 17.3 Å². The van der Waals surface area contributed by atoms with Crippen molar-refractivity contribution < 1.29 is 0 Å². The molecule has 1 heterocycles. The Kier molecular flexibility index (Phi) is 4.21. The second kappa shape index (κ2) is 5.87. The molecule has 2 nitrogen and oxygen atoms in total. The first-order valence-electron chi connectivity index (χ1n) is 5.99. The molecule has 0 spiro atoms. The third-order valence-corrected chi connectivity index (χ3v) is 2.90. The molecule has 1 aromatic carbocycles. The molecule has 0 aliphatic carbocycles. The Balaban J connectivity index is 1.95. The molecule has 0 aliphatic rings. The van der Waals surface area contributed by atoms with Crippen molar-refractivity contribution in [2.45, 2.75) is 25.1 Å². The highest BCUT2D eigenvalue weighted by molar-refractivity contribution is 6.20. The Morgan fingerprint density at radius 3 is 2.88 bits per heavy atom. The van der Waals surface area contributed by atoms with Crippen molar-refractivity contribution in [3.05, 3.63) is 36.4 Å². The minimum absolute atomic E-state index is 0.251. The number of hydrogen-bond acceptors (Lipinski definition) is 2. The molecule has 2 aromatic rings. The molecule has 1 N–H and O–H groups in total. The summed E-state index contributed by atoms with van der Waals surface area (Å²) in [4.78, 5) is 4.55. The van der Waals surface area contributed by atoms with E-state index in [0.29, 0.717) is 0 Å². The predicted molar refractivity (Wildman–Crippen MR) is 74.8 cm³/mol. The van der Waals surface area contributed by atoms with Crippen LogP contribution in [0.5, 0.6) is 0 Å². The average Bonchev–Trinajstić information content (AvgIpc) is 2.34. The van der Waals surface area contributed by atoms with Gasteiger partial charge in [0.15, 0.2) is 0 Å². The minimum atomic E-state index is 0.251. The first-order valence-corrected chi connectivity index (χ1v) is 6.43. The molecule has 17 heavy (non-hydrogen) atoms. The molecular formula is C14H17ClN2. The van der Waals surface area contributed by atoms with Crippen LogP contribution in [0.3, 0.4) is 0 Å². The highest BCUT2D eigenvalue weighted by atomic mass is 35.5. The van der Waals surface area contributed by atoms with Crippen molar-refractivity contribution in [1.29, 1.82) is 0 Å². The van der Waals surface area contributed by atoms with E-state index in [-0.39, 0.29) is 5.38 Å². The number of nitrogens with one attached hydrogen (secondary N) is 1. The summed E-state index contributed by atoms with van der Waals surface area (Å²) in [5.74, 6) is 0.936. The van der Waals surface area contributed by atoms with Crippen LogP contribution in [0.25, 0.3) is 10.9 Å². The third kappa shape index (κ3) is 3.60. The quantitative estimate of drug-likeness (QED) is 0.638. The molecule has 0 bridgehead atoms. The van der Waals surface area contributed by atoms with Crippen LogP contribution in [-0.2, 0) is 0 Å². The van der Waals surface area contributed by atoms with Crippen LogP contribution in [0.2, 0.25) is 0 Å². The van der Waals surface area contributed by atoms with Gasteiger partial charge in [-0.1, -0.05) is 18.2 Å². The fraction of sp³-hybridized carbons (Fsp3) is 0.357. The van der Waals surface area contributed by atoms with E-state index in [9.17, 15) is 0 Å². The number of hydrogen-bond donors (Lipinski definition) is 1. The SMILES string of the molecule is CC(Cl)CCCNc1ccc2ccccc2n1. The molecule has 1 unspecified atom stereocenters. The summed E-state index contributed by atoms with van der Waals surface area (Å²) in [6.07, 6.45) is 2.10. The zero-order chi connectivity index (χ0) is 12.1. The average molecular weight is 249 g/mol. The number of benzene rings is 1. The van der Waals surface area contributed by atoms with Gasteiger partial charge in [-0.05, 0) is 38.0 Å². The molecule has 0 saturated heterocycles. The summed E-state index contributed by atoms with van der Waals surface area (Å²) in [6.45, 7) is 2.94. The number of pyridine rings is 1. The van der Waals surface area contributed by atoms with Crippen molar-refractivity contribution in [1.82, 2.24) is 4.98 Å². The molecule has 0 radical (unpaired) electrons. The number of nitrogens with zero attached hydrogens (tertiary/aromatic N) is 1. The highest BCUT2D eigenvalue weighted by Crippen LogP contribution is 2.14. The first-order chi connectivity index (χ1) is 8.25. The summed E-state index contributed by atoms with van der Waals surface area (Å²) < 4.78 is 0. The number of rotatable bonds is 5. The van der Waals surface area contributed by atoms with E-state index in [0.717, 1.165) is 30.7 Å². The van der Waals surface area contributed by atoms with Gasteiger partial charge in [-0.2, -0.15) is 0 Å². The number of alkyl halides is 1. The first kappa shape index (κ1) is 12.2. The number of anilines is 1. The van der Waals surface area contributed by atoms with Crippen molar-refractivity contribution in [3.8, 4) is 0 Å². The lowest BCUT2D eigenvalue weighted by Gasteiger charge is -2.07. The van der Waals surface area contributed by atoms with E-state index in [1.54, 1.807) is 0 Å². The highest BCUT2D eigenvalue weighted by Gasteiger charge is 1.98. The van der Waals surface area contributed by atoms with Crippen LogP contribution in [0.1, 0.15) is 19.8 Å². The van der Waals surface area contributed by atoms with Gasteiger partial charge in [0.1, 0.15) is 5.82 Å². The molecule has 0 fully saturated rings. The maximum atomic E-state index is 5.89. The third-order valence-electron chi connectivity index (χ3n) is 2.68. The van der Waals surface area contributed by atoms with Gasteiger partial charge >= 0.3 is 0 Å². The van der Waals surface area contributed by atoms with E-state index in [4.69, 9.17) is 11.6 Å². The van der Waals surface area contributed by atoms with Crippen LogP contribution in [0.15, 0.2) is 36.4 Å². The zero-order valence-corrected chi connectivity index (χ0v) is 10.7. The van der Waals surface area contributed by atoms with E-state index >= 15 is 0 Å². The molecular weight excluding hydrogens is 232 g/mol. The molecule has 90 valence electrons. The number of aromatic nitrogens is 1. The lowest BCUT2D eigenvalue weighted by molar-refractivity contribution is 0.749. The predicted octanol–water partition coefficient (Wildman–Crippen LogP) is 4.05. The fourth-order valence-electron chi connectivity index (χ4n) is 1.76. The number of para-hydroxylation sites is 1. The Hall–Kier alpha value is -1.28. The smallest absolute Gasteiger partial charge is 0.126 e. The molecule has 0 amide bonds. The van der Waals surface area contributed by atoms with E-state index < -0.39 is 0 Å². The van der Waals surface area contributed by atoms with Crippen molar-refractivity contribution in [2.75, 3.05) is 11.9 Å². The Morgan fingerprint density at radius 2 is 2.06 bits per heavy atom. The summed E-state index contributed by atoms with van der Waals surface area (Å²) >= 11 is 5.89. The normalized spacial score (nSPS) is 12.6. The van der Waals surface area contributed by atoms with Gasteiger partial charge in [-0.3, -0.25) is 0 Å². The van der Waals surface area contributed by atoms with Crippen molar-refractivity contribution in [3.63, 3.8) is 0 Å². The molecule has 0 saturated carbocycles. The zero-order valence-electron chi connectivity index (χ0n) is 9.99. The maximum absolute atomic E-state index is 5.89. The van der Waals surface area contributed by atoms with Gasteiger partial charge in [0.2, 0.25) is 0 Å². The minimum Gasteiger partial charge on any atom is -0.370 e. The van der Waals surface area contributed by atoms with Gasteiger partial charge in [0.05, 0.1) is 5.52 Å². The Morgan fingerprint density at radius 1 is 1.24 bits per heavy atom. The molecule has 1 atom stereocenters. The van der Waals surface area contributed by atoms with E-state index in [1.165, 1.54) is 5.39 Å². The van der Waals surface area contributed by atoms with Gasteiger partial charge in [-0.25, -0.2) is 4.98 Å². The second-order valence-electron chi connectivity index (χ2n) is 4.24. The van der Waals surface area contributed by atoms with Crippen LogP contribution >= 0.6 is 11.6 Å². The standard InChI is InChI=1S/C14H17ClN2/c1-11(15)5-4-10-16-14-9-8-12-6-2-3-7-13(12)17-14/h2-3,6-9,11H,4-5,10H2,1H3,(H,16,17). The van der Waals surface area contributed by atoms with E-state index in [1.807, 2.05) is 31.2 Å².